The third-order valence-electron chi connectivity index (χ3n) is 5.25. The lowest BCUT2D eigenvalue weighted by Gasteiger charge is -2.10. The summed E-state index contributed by atoms with van der Waals surface area (Å²) in [4.78, 5) is 30.0. The first kappa shape index (κ1) is 20.0. The van der Waals surface area contributed by atoms with Gasteiger partial charge in [-0.3, -0.25) is 14.2 Å². The molecule has 0 saturated heterocycles. The van der Waals surface area contributed by atoms with Crippen LogP contribution in [0.15, 0.2) is 84.0 Å². The van der Waals surface area contributed by atoms with Crippen molar-refractivity contribution in [2.75, 3.05) is 5.32 Å². The first-order valence-corrected chi connectivity index (χ1v) is 10.4. The van der Waals surface area contributed by atoms with Crippen LogP contribution in [0.1, 0.15) is 5.56 Å². The number of nitrogens with one attached hydrogen (secondary N) is 1. The van der Waals surface area contributed by atoms with Gasteiger partial charge in [0.25, 0.3) is 5.56 Å². The lowest BCUT2D eigenvalue weighted by molar-refractivity contribution is -0.116. The number of amides is 1. The van der Waals surface area contributed by atoms with Crippen LogP contribution in [-0.4, -0.2) is 25.2 Å². The Morgan fingerprint density at radius 1 is 0.969 bits per heavy atom. The summed E-state index contributed by atoms with van der Waals surface area (Å²) in [6.07, 6.45) is 2.87. The van der Waals surface area contributed by atoms with Gasteiger partial charge in [0.15, 0.2) is 5.65 Å². The Bertz CT molecular complexity index is 1500. The maximum atomic E-state index is 12.9. The first-order chi connectivity index (χ1) is 15.6. The number of hydrogen-bond donors (Lipinski definition) is 1. The van der Waals surface area contributed by atoms with Gasteiger partial charge in [-0.25, -0.2) is 9.67 Å². The van der Waals surface area contributed by atoms with Crippen molar-refractivity contribution in [1.82, 2.24) is 19.3 Å². The molecule has 1 N–H and O–H groups in total. The fourth-order valence-electron chi connectivity index (χ4n) is 3.67. The highest BCUT2D eigenvalue weighted by atomic mass is 35.5. The van der Waals surface area contributed by atoms with E-state index in [4.69, 9.17) is 11.6 Å². The number of aromatic nitrogens is 4. The third-order valence-corrected chi connectivity index (χ3v) is 5.50. The van der Waals surface area contributed by atoms with Gasteiger partial charge in [-0.05, 0) is 29.1 Å². The predicted molar refractivity (Wildman–Crippen MR) is 125 cm³/mol. The molecule has 32 heavy (non-hydrogen) atoms. The van der Waals surface area contributed by atoms with Gasteiger partial charge in [-0.2, -0.15) is 5.10 Å². The standard InChI is InChI=1S/C24H18ClN5O2/c25-18-10-8-16(9-11-18)13-30-23-20(12-27-30)24(32)29(15-26-23)14-22(31)28-21-7-3-5-17-4-1-2-6-19(17)21/h1-12,15H,13-14H2,(H,28,31). The highest BCUT2D eigenvalue weighted by molar-refractivity contribution is 6.30. The van der Waals surface area contributed by atoms with E-state index in [2.05, 4.69) is 15.4 Å². The van der Waals surface area contributed by atoms with Crippen LogP contribution in [0.3, 0.4) is 0 Å². The molecular formula is C24H18ClN5O2. The summed E-state index contributed by atoms with van der Waals surface area (Å²) in [7, 11) is 0. The van der Waals surface area contributed by atoms with Crippen LogP contribution in [0.2, 0.25) is 5.02 Å². The van der Waals surface area contributed by atoms with Gasteiger partial charge < -0.3 is 5.32 Å². The van der Waals surface area contributed by atoms with Crippen LogP contribution in [0.4, 0.5) is 5.69 Å². The maximum Gasteiger partial charge on any atom is 0.264 e. The zero-order valence-electron chi connectivity index (χ0n) is 16.9. The quantitative estimate of drug-likeness (QED) is 0.443. The summed E-state index contributed by atoms with van der Waals surface area (Å²) < 4.78 is 2.94. The van der Waals surface area contributed by atoms with Crippen molar-refractivity contribution in [3.05, 3.63) is 100 Å². The molecule has 8 heteroatoms. The Morgan fingerprint density at radius 2 is 1.75 bits per heavy atom. The number of rotatable bonds is 5. The van der Waals surface area contributed by atoms with Crippen molar-refractivity contribution in [1.29, 1.82) is 0 Å². The number of benzene rings is 3. The second-order valence-corrected chi connectivity index (χ2v) is 7.85. The SMILES string of the molecule is O=C(Cn1cnc2c(cnn2Cc2ccc(Cl)cc2)c1=O)Nc1cccc2ccccc12. The molecule has 0 aliphatic rings. The minimum absolute atomic E-state index is 0.145. The smallest absolute Gasteiger partial charge is 0.264 e. The van der Waals surface area contributed by atoms with Crippen LogP contribution in [0.25, 0.3) is 21.8 Å². The number of carbonyl (C=O) groups excluding carboxylic acids is 1. The Hall–Kier alpha value is -3.97. The largest absolute Gasteiger partial charge is 0.324 e. The first-order valence-electron chi connectivity index (χ1n) is 10.0. The lowest BCUT2D eigenvalue weighted by atomic mass is 10.1. The fraction of sp³-hybridized carbons (Fsp3) is 0.0833. The molecule has 5 rings (SSSR count). The highest BCUT2D eigenvalue weighted by Crippen LogP contribution is 2.23. The molecule has 0 radical (unpaired) electrons. The van der Waals surface area contributed by atoms with Crippen molar-refractivity contribution in [2.24, 2.45) is 0 Å². The summed E-state index contributed by atoms with van der Waals surface area (Å²) >= 11 is 5.94. The van der Waals surface area contributed by atoms with Gasteiger partial charge >= 0.3 is 0 Å². The van der Waals surface area contributed by atoms with E-state index >= 15 is 0 Å². The van der Waals surface area contributed by atoms with Crippen molar-refractivity contribution in [3.63, 3.8) is 0 Å². The summed E-state index contributed by atoms with van der Waals surface area (Å²) in [5, 5.41) is 10.2. The number of anilines is 1. The van der Waals surface area contributed by atoms with E-state index in [1.165, 1.54) is 17.1 Å². The second kappa shape index (κ2) is 8.28. The van der Waals surface area contributed by atoms with Crippen molar-refractivity contribution < 1.29 is 4.79 Å². The lowest BCUT2D eigenvalue weighted by Crippen LogP contribution is -2.28. The predicted octanol–water partition coefficient (Wildman–Crippen LogP) is 4.09. The average Bonchev–Trinajstić information content (AvgIpc) is 3.21. The molecule has 0 fully saturated rings. The minimum Gasteiger partial charge on any atom is -0.324 e. The molecule has 0 saturated carbocycles. The highest BCUT2D eigenvalue weighted by Gasteiger charge is 2.13. The number of halogens is 1. The van der Waals surface area contributed by atoms with Crippen LogP contribution in [0.5, 0.6) is 0 Å². The molecular weight excluding hydrogens is 426 g/mol. The zero-order valence-corrected chi connectivity index (χ0v) is 17.7. The van der Waals surface area contributed by atoms with E-state index < -0.39 is 0 Å². The van der Waals surface area contributed by atoms with Gasteiger partial charge in [0.2, 0.25) is 5.91 Å². The molecule has 0 atom stereocenters. The van der Waals surface area contributed by atoms with E-state index in [-0.39, 0.29) is 18.0 Å². The van der Waals surface area contributed by atoms with Crippen LogP contribution in [0, 0.1) is 0 Å². The molecule has 0 unspecified atom stereocenters. The van der Waals surface area contributed by atoms with E-state index in [1.54, 1.807) is 16.8 Å². The van der Waals surface area contributed by atoms with Gasteiger partial charge in [-0.1, -0.05) is 60.1 Å². The number of fused-ring (bicyclic) bond motifs is 2. The molecule has 0 spiro atoms. The van der Waals surface area contributed by atoms with Gasteiger partial charge in [0, 0.05) is 16.1 Å². The summed E-state index contributed by atoms with van der Waals surface area (Å²) in [6, 6.07) is 20.9. The molecule has 0 aliphatic heterocycles. The molecule has 0 bridgehead atoms. The number of carbonyl (C=O) groups is 1. The van der Waals surface area contributed by atoms with E-state index in [9.17, 15) is 9.59 Å². The monoisotopic (exact) mass is 443 g/mol. The Labute approximate surface area is 187 Å². The van der Waals surface area contributed by atoms with E-state index in [1.807, 2.05) is 54.6 Å². The molecule has 7 nitrogen and oxygen atoms in total. The summed E-state index contributed by atoms with van der Waals surface area (Å²) in [5.74, 6) is -0.307. The van der Waals surface area contributed by atoms with Gasteiger partial charge in [0.05, 0.1) is 12.7 Å². The van der Waals surface area contributed by atoms with Crippen molar-refractivity contribution in [2.45, 2.75) is 13.1 Å². The number of nitrogens with zero attached hydrogens (tertiary/aromatic N) is 4. The molecule has 3 aromatic carbocycles. The zero-order chi connectivity index (χ0) is 22.1. The molecule has 1 amide bonds. The normalized spacial score (nSPS) is 11.2. The molecule has 5 aromatic rings. The van der Waals surface area contributed by atoms with Crippen LogP contribution >= 0.6 is 11.6 Å². The molecule has 0 aliphatic carbocycles. The van der Waals surface area contributed by atoms with Crippen LogP contribution < -0.4 is 10.9 Å². The Morgan fingerprint density at radius 3 is 2.59 bits per heavy atom. The maximum absolute atomic E-state index is 12.9. The van der Waals surface area contributed by atoms with E-state index in [0.717, 1.165) is 16.3 Å². The topological polar surface area (TPSA) is 81.8 Å². The van der Waals surface area contributed by atoms with Crippen molar-refractivity contribution >= 4 is 45.0 Å². The minimum atomic E-state index is -0.314. The summed E-state index contributed by atoms with van der Waals surface area (Å²) in [5.41, 5.74) is 1.84. The molecule has 2 aromatic heterocycles. The van der Waals surface area contributed by atoms with Gasteiger partial charge in [0.1, 0.15) is 18.3 Å². The van der Waals surface area contributed by atoms with Crippen molar-refractivity contribution in [3.8, 4) is 0 Å². The second-order valence-electron chi connectivity index (χ2n) is 7.42. The average molecular weight is 444 g/mol. The molecule has 2 heterocycles. The Kier molecular flexibility index (Phi) is 5.17. The summed E-state index contributed by atoms with van der Waals surface area (Å²) in [6.45, 7) is 0.312. The van der Waals surface area contributed by atoms with Gasteiger partial charge in [-0.15, -0.1) is 0 Å². The fourth-order valence-corrected chi connectivity index (χ4v) is 3.79. The third kappa shape index (κ3) is 3.86. The Balaban J connectivity index is 1.37. The van der Waals surface area contributed by atoms with E-state index in [0.29, 0.717) is 28.3 Å². The number of hydrogen-bond acceptors (Lipinski definition) is 4. The molecule has 158 valence electrons. The van der Waals surface area contributed by atoms with Crippen LogP contribution in [-0.2, 0) is 17.9 Å².